The highest BCUT2D eigenvalue weighted by molar-refractivity contribution is 7.91. The molecule has 2 N–H and O–H groups in total. The lowest BCUT2D eigenvalue weighted by Gasteiger charge is -2.33. The van der Waals surface area contributed by atoms with Crippen LogP contribution in [0.4, 0.5) is 11.6 Å². The maximum absolute atomic E-state index is 13.9. The van der Waals surface area contributed by atoms with Crippen molar-refractivity contribution < 1.29 is 13.2 Å². The van der Waals surface area contributed by atoms with Crippen molar-refractivity contribution in [3.8, 4) is 0 Å². The molecule has 1 amide bonds. The van der Waals surface area contributed by atoms with Crippen molar-refractivity contribution in [3.05, 3.63) is 36.0 Å². The molecule has 0 aromatic carbocycles. The van der Waals surface area contributed by atoms with Gasteiger partial charge in [0.1, 0.15) is 17.2 Å². The molecule has 2 aliphatic heterocycles. The van der Waals surface area contributed by atoms with Gasteiger partial charge >= 0.3 is 0 Å². The number of primary amides is 1. The predicted molar refractivity (Wildman–Crippen MR) is 146 cm³/mol. The minimum atomic E-state index is -4.13. The second-order valence-electron chi connectivity index (χ2n) is 11.0. The van der Waals surface area contributed by atoms with E-state index in [0.29, 0.717) is 24.1 Å². The fourth-order valence-corrected chi connectivity index (χ4v) is 7.10. The number of sulfone groups is 1. The van der Waals surface area contributed by atoms with Gasteiger partial charge in [-0.05, 0) is 70.3 Å². The molecule has 2 aromatic rings. The second kappa shape index (κ2) is 10.9. The third-order valence-electron chi connectivity index (χ3n) is 7.48. The highest BCUT2D eigenvalue weighted by Crippen LogP contribution is 2.39. The molecule has 2 fully saturated rings. The zero-order valence-electron chi connectivity index (χ0n) is 22.5. The van der Waals surface area contributed by atoms with Crippen LogP contribution < -0.4 is 15.5 Å². The van der Waals surface area contributed by atoms with Crippen LogP contribution in [0, 0.1) is 5.92 Å². The van der Waals surface area contributed by atoms with Crippen LogP contribution in [0.25, 0.3) is 0 Å². The first-order valence-corrected chi connectivity index (χ1v) is 14.8. The van der Waals surface area contributed by atoms with Gasteiger partial charge in [0.2, 0.25) is 9.84 Å². The first-order chi connectivity index (χ1) is 17.5. The van der Waals surface area contributed by atoms with Crippen LogP contribution in [0.1, 0.15) is 63.7 Å². The van der Waals surface area contributed by atoms with E-state index in [1.54, 1.807) is 6.07 Å². The molecule has 0 saturated carbocycles. The van der Waals surface area contributed by atoms with E-state index in [4.69, 9.17) is 5.73 Å². The van der Waals surface area contributed by atoms with E-state index in [1.807, 2.05) is 11.0 Å². The Morgan fingerprint density at radius 3 is 2.62 bits per heavy atom. The summed E-state index contributed by atoms with van der Waals surface area (Å²) in [4.78, 5) is 28.2. The number of hydrogen-bond donors (Lipinski definition) is 1. The molecule has 2 aromatic heterocycles. The molecule has 2 aliphatic rings. The molecule has 202 valence electrons. The van der Waals surface area contributed by atoms with Crippen molar-refractivity contribution in [2.45, 2.75) is 68.8 Å². The van der Waals surface area contributed by atoms with Crippen molar-refractivity contribution in [2.75, 3.05) is 49.1 Å². The van der Waals surface area contributed by atoms with Crippen LogP contribution in [0.2, 0.25) is 0 Å². The Morgan fingerprint density at radius 1 is 1.16 bits per heavy atom. The summed E-state index contributed by atoms with van der Waals surface area (Å²) in [7, 11) is -4.13. The smallest absolute Gasteiger partial charge is 0.253 e. The standard InChI is InChI=1S/C27H40N6O3S/c1-5-6-13-31-14-8-15-32(17-16-31)22-9-7-10-23(30-22)37(35,36)21-11-12-29-26(24(21)25(28)34)33-19-20(2)18-27(33,3)4/h7,9-12,20H,5-6,8,13-19H2,1-4H3,(H2,28,34). The van der Waals surface area contributed by atoms with Crippen LogP contribution in [0.3, 0.4) is 0 Å². The highest BCUT2D eigenvalue weighted by atomic mass is 32.2. The van der Waals surface area contributed by atoms with Gasteiger partial charge in [0, 0.05) is 37.9 Å². The first-order valence-electron chi connectivity index (χ1n) is 13.3. The largest absolute Gasteiger partial charge is 0.365 e. The van der Waals surface area contributed by atoms with E-state index < -0.39 is 15.7 Å². The summed E-state index contributed by atoms with van der Waals surface area (Å²) in [6, 6.07) is 6.41. The zero-order chi connectivity index (χ0) is 26.8. The molecule has 9 nitrogen and oxygen atoms in total. The summed E-state index contributed by atoms with van der Waals surface area (Å²) in [6.45, 7) is 13.8. The van der Waals surface area contributed by atoms with Crippen molar-refractivity contribution in [1.29, 1.82) is 0 Å². The molecule has 10 heteroatoms. The van der Waals surface area contributed by atoms with Gasteiger partial charge in [-0.25, -0.2) is 18.4 Å². The molecule has 0 bridgehead atoms. The van der Waals surface area contributed by atoms with E-state index in [0.717, 1.165) is 45.6 Å². The van der Waals surface area contributed by atoms with E-state index in [-0.39, 0.29) is 21.0 Å². The molecule has 1 atom stereocenters. The normalized spacial score (nSPS) is 20.7. The number of amides is 1. The number of aromatic nitrogens is 2. The molecular formula is C27H40N6O3S. The Balaban J connectivity index is 1.68. The summed E-state index contributed by atoms with van der Waals surface area (Å²) in [6.07, 6.45) is 5.68. The van der Waals surface area contributed by atoms with E-state index in [9.17, 15) is 13.2 Å². The van der Waals surface area contributed by atoms with Gasteiger partial charge in [-0.1, -0.05) is 26.3 Å². The van der Waals surface area contributed by atoms with E-state index in [1.165, 1.54) is 31.2 Å². The molecule has 0 spiro atoms. The molecule has 4 rings (SSSR count). The van der Waals surface area contributed by atoms with Crippen molar-refractivity contribution in [3.63, 3.8) is 0 Å². The van der Waals surface area contributed by atoms with Gasteiger partial charge < -0.3 is 20.4 Å². The lowest BCUT2D eigenvalue weighted by atomic mass is 9.97. The number of nitrogens with zero attached hydrogens (tertiary/aromatic N) is 5. The van der Waals surface area contributed by atoms with E-state index in [2.05, 4.69) is 47.5 Å². The number of rotatable bonds is 8. The van der Waals surface area contributed by atoms with Gasteiger partial charge in [0.15, 0.2) is 5.03 Å². The minimum Gasteiger partial charge on any atom is -0.365 e. The Kier molecular flexibility index (Phi) is 8.08. The maximum Gasteiger partial charge on any atom is 0.253 e. The van der Waals surface area contributed by atoms with Gasteiger partial charge in [-0.15, -0.1) is 0 Å². The number of hydrogen-bond acceptors (Lipinski definition) is 8. The van der Waals surface area contributed by atoms with Gasteiger partial charge in [0.25, 0.3) is 5.91 Å². The average molecular weight is 529 g/mol. The van der Waals surface area contributed by atoms with Gasteiger partial charge in [0.05, 0.1) is 4.90 Å². The summed E-state index contributed by atoms with van der Waals surface area (Å²) in [5.41, 5.74) is 5.44. The fourth-order valence-electron chi connectivity index (χ4n) is 5.70. The van der Waals surface area contributed by atoms with Crippen molar-refractivity contribution in [2.24, 2.45) is 11.7 Å². The number of carbonyl (C=O) groups excluding carboxylic acids is 1. The lowest BCUT2D eigenvalue weighted by Crippen LogP contribution is -2.40. The van der Waals surface area contributed by atoms with Crippen LogP contribution in [-0.4, -0.2) is 74.0 Å². The highest BCUT2D eigenvalue weighted by Gasteiger charge is 2.40. The second-order valence-corrected chi connectivity index (χ2v) is 12.8. The molecule has 0 aliphatic carbocycles. The Bertz CT molecular complexity index is 1230. The number of unbranched alkanes of at least 4 members (excludes halogenated alkanes) is 1. The summed E-state index contributed by atoms with van der Waals surface area (Å²) < 4.78 is 27.8. The molecule has 37 heavy (non-hydrogen) atoms. The molecular weight excluding hydrogens is 488 g/mol. The molecule has 4 heterocycles. The average Bonchev–Trinajstić information content (AvgIpc) is 3.00. The number of anilines is 2. The molecule has 2 saturated heterocycles. The first kappa shape index (κ1) is 27.3. The van der Waals surface area contributed by atoms with Crippen LogP contribution in [0.5, 0.6) is 0 Å². The Hall–Kier alpha value is -2.72. The topological polar surface area (TPSA) is 113 Å². The number of pyridine rings is 2. The SMILES string of the molecule is CCCCN1CCCN(c2cccc(S(=O)(=O)c3ccnc(N4CC(C)CC4(C)C)c3C(N)=O)n2)CC1. The van der Waals surface area contributed by atoms with Crippen molar-refractivity contribution >= 4 is 27.4 Å². The van der Waals surface area contributed by atoms with Gasteiger partial charge in [-0.3, -0.25) is 4.79 Å². The summed E-state index contributed by atoms with van der Waals surface area (Å²) in [5, 5.41) is -0.0919. The third-order valence-corrected chi connectivity index (χ3v) is 9.18. The monoisotopic (exact) mass is 528 g/mol. The van der Waals surface area contributed by atoms with Crippen molar-refractivity contribution in [1.82, 2.24) is 14.9 Å². The molecule has 0 radical (unpaired) electrons. The fraction of sp³-hybridized carbons (Fsp3) is 0.593. The molecule has 1 unspecified atom stereocenters. The number of nitrogens with two attached hydrogens (primary N) is 1. The Labute approximate surface area is 221 Å². The van der Waals surface area contributed by atoms with Crippen LogP contribution in [0.15, 0.2) is 40.4 Å². The third kappa shape index (κ3) is 5.75. The van der Waals surface area contributed by atoms with Gasteiger partial charge in [-0.2, -0.15) is 0 Å². The lowest BCUT2D eigenvalue weighted by molar-refractivity contribution is 0.0997. The van der Waals surface area contributed by atoms with Crippen LogP contribution in [-0.2, 0) is 9.84 Å². The number of carbonyl (C=O) groups is 1. The summed E-state index contributed by atoms with van der Waals surface area (Å²) >= 11 is 0. The maximum atomic E-state index is 13.9. The van der Waals surface area contributed by atoms with Crippen LogP contribution >= 0.6 is 0 Å². The Morgan fingerprint density at radius 2 is 1.95 bits per heavy atom. The predicted octanol–water partition coefficient (Wildman–Crippen LogP) is 3.35. The zero-order valence-corrected chi connectivity index (χ0v) is 23.3. The minimum absolute atomic E-state index is 0.0711. The quantitative estimate of drug-likeness (QED) is 0.555. The summed E-state index contributed by atoms with van der Waals surface area (Å²) in [5.74, 6) is 0.511. The van der Waals surface area contributed by atoms with E-state index >= 15 is 0 Å².